The van der Waals surface area contributed by atoms with Gasteiger partial charge in [0, 0.05) is 18.7 Å². The Kier molecular flexibility index (Phi) is 5.56. The highest BCUT2D eigenvalue weighted by Crippen LogP contribution is 2.27. The van der Waals surface area contributed by atoms with Crippen molar-refractivity contribution in [2.24, 2.45) is 0 Å². The average molecular weight is 352 g/mol. The molecule has 2 aromatic carbocycles. The number of hydrogen-bond donors (Lipinski definition) is 1. The number of para-hydroxylation sites is 1. The molecule has 0 radical (unpaired) electrons. The molecule has 1 unspecified atom stereocenters. The first-order chi connectivity index (χ1) is 12.6. The summed E-state index contributed by atoms with van der Waals surface area (Å²) >= 11 is 0. The van der Waals surface area contributed by atoms with Crippen LogP contribution in [0.15, 0.2) is 48.5 Å². The van der Waals surface area contributed by atoms with Crippen LogP contribution in [0.4, 0.5) is 5.69 Å². The molecule has 0 fully saturated rings. The van der Waals surface area contributed by atoms with E-state index in [2.05, 4.69) is 5.32 Å². The second-order valence-electron chi connectivity index (χ2n) is 6.58. The minimum atomic E-state index is -0.117. The molecule has 0 saturated heterocycles. The Balaban J connectivity index is 1.50. The van der Waals surface area contributed by atoms with E-state index in [0.717, 1.165) is 23.4 Å². The summed E-state index contributed by atoms with van der Waals surface area (Å²) in [5.74, 6) is 0.681. The number of hydrogen-bond acceptors (Lipinski definition) is 3. The first kappa shape index (κ1) is 18.0. The molecule has 3 rings (SSSR count). The van der Waals surface area contributed by atoms with Gasteiger partial charge in [0.05, 0.1) is 13.7 Å². The van der Waals surface area contributed by atoms with Crippen LogP contribution in [0, 0.1) is 0 Å². The number of benzene rings is 2. The van der Waals surface area contributed by atoms with Crippen molar-refractivity contribution in [3.8, 4) is 5.75 Å². The number of nitrogens with zero attached hydrogens (tertiary/aromatic N) is 1. The molecule has 0 aromatic heterocycles. The summed E-state index contributed by atoms with van der Waals surface area (Å²) in [6, 6.07) is 15.6. The zero-order valence-corrected chi connectivity index (χ0v) is 15.2. The molecule has 1 aliphatic rings. The lowest BCUT2D eigenvalue weighted by Crippen LogP contribution is -2.39. The minimum absolute atomic E-state index is 0.0303. The lowest BCUT2D eigenvalue weighted by atomic mass is 9.97. The maximum atomic E-state index is 12.4. The highest BCUT2D eigenvalue weighted by molar-refractivity contribution is 5.98. The van der Waals surface area contributed by atoms with Gasteiger partial charge in [-0.1, -0.05) is 37.3 Å². The van der Waals surface area contributed by atoms with Crippen LogP contribution in [0.5, 0.6) is 5.75 Å². The van der Waals surface area contributed by atoms with Crippen LogP contribution >= 0.6 is 0 Å². The smallest absolute Gasteiger partial charge is 0.246 e. The van der Waals surface area contributed by atoms with Crippen molar-refractivity contribution >= 4 is 17.5 Å². The topological polar surface area (TPSA) is 58.6 Å². The van der Waals surface area contributed by atoms with Gasteiger partial charge < -0.3 is 15.0 Å². The number of ether oxygens (including phenoxy) is 1. The Morgan fingerprint density at radius 1 is 1.15 bits per heavy atom. The van der Waals surface area contributed by atoms with Gasteiger partial charge >= 0.3 is 0 Å². The molecule has 5 nitrogen and oxygen atoms in total. The summed E-state index contributed by atoms with van der Waals surface area (Å²) in [6.45, 7) is 2.71. The van der Waals surface area contributed by atoms with Gasteiger partial charge in [-0.15, -0.1) is 0 Å². The first-order valence-electron chi connectivity index (χ1n) is 8.87. The number of carbonyl (C=O) groups is 2. The monoisotopic (exact) mass is 352 g/mol. The third-order valence-corrected chi connectivity index (χ3v) is 4.80. The van der Waals surface area contributed by atoms with Gasteiger partial charge in [-0.25, -0.2) is 0 Å². The number of rotatable bonds is 6. The number of methoxy groups -OCH3 is 1. The number of fused-ring (bicyclic) bond motifs is 1. The van der Waals surface area contributed by atoms with E-state index in [4.69, 9.17) is 4.74 Å². The van der Waals surface area contributed by atoms with Crippen LogP contribution in [0.2, 0.25) is 0 Å². The van der Waals surface area contributed by atoms with E-state index in [1.54, 1.807) is 12.0 Å². The normalized spacial score (nSPS) is 13.8. The number of amides is 2. The second kappa shape index (κ2) is 8.04. The molecular weight excluding hydrogens is 328 g/mol. The van der Waals surface area contributed by atoms with E-state index in [-0.39, 0.29) is 24.3 Å². The van der Waals surface area contributed by atoms with Crippen molar-refractivity contribution in [2.45, 2.75) is 25.7 Å². The largest absolute Gasteiger partial charge is 0.497 e. The molecule has 1 atom stereocenters. The van der Waals surface area contributed by atoms with E-state index >= 15 is 0 Å². The molecule has 26 heavy (non-hydrogen) atoms. The van der Waals surface area contributed by atoms with E-state index in [9.17, 15) is 9.59 Å². The summed E-state index contributed by atoms with van der Waals surface area (Å²) in [7, 11) is 1.63. The van der Waals surface area contributed by atoms with Gasteiger partial charge in [-0.3, -0.25) is 9.59 Å². The third-order valence-electron chi connectivity index (χ3n) is 4.80. The highest BCUT2D eigenvalue weighted by Gasteiger charge is 2.24. The third kappa shape index (κ3) is 4.04. The van der Waals surface area contributed by atoms with Crippen molar-refractivity contribution in [2.75, 3.05) is 25.1 Å². The summed E-state index contributed by atoms with van der Waals surface area (Å²) in [6.07, 6.45) is 1.21. The van der Waals surface area contributed by atoms with Gasteiger partial charge in [0.15, 0.2) is 0 Å². The van der Waals surface area contributed by atoms with Crippen molar-refractivity contribution in [3.05, 3.63) is 59.7 Å². The molecule has 2 aromatic rings. The molecule has 0 saturated carbocycles. The Hall–Kier alpha value is -2.82. The number of anilines is 1. The second-order valence-corrected chi connectivity index (χ2v) is 6.58. The Bertz CT molecular complexity index is 786. The lowest BCUT2D eigenvalue weighted by Gasteiger charge is -2.18. The van der Waals surface area contributed by atoms with E-state index < -0.39 is 0 Å². The predicted octanol–water partition coefficient (Wildman–Crippen LogP) is 2.89. The average Bonchev–Trinajstić information content (AvgIpc) is 3.10. The zero-order valence-electron chi connectivity index (χ0n) is 15.2. The van der Waals surface area contributed by atoms with E-state index in [1.165, 1.54) is 5.56 Å². The summed E-state index contributed by atoms with van der Waals surface area (Å²) in [5.41, 5.74) is 3.21. The van der Waals surface area contributed by atoms with Gasteiger partial charge in [0.1, 0.15) is 5.75 Å². The predicted molar refractivity (Wildman–Crippen MR) is 102 cm³/mol. The quantitative estimate of drug-likeness (QED) is 0.870. The fraction of sp³-hybridized carbons (Fsp3) is 0.333. The SMILES string of the molecule is COc1ccc(C(C)CC(=O)NCC(=O)N2CCc3ccccc32)cc1. The van der Waals surface area contributed by atoms with Gasteiger partial charge in [-0.2, -0.15) is 0 Å². The molecule has 5 heteroatoms. The van der Waals surface area contributed by atoms with Gasteiger partial charge in [0.25, 0.3) is 0 Å². The number of nitrogens with one attached hydrogen (secondary N) is 1. The Morgan fingerprint density at radius 2 is 1.88 bits per heavy atom. The molecule has 136 valence electrons. The maximum Gasteiger partial charge on any atom is 0.246 e. The van der Waals surface area contributed by atoms with Crippen LogP contribution in [-0.2, 0) is 16.0 Å². The standard InChI is InChI=1S/C21H24N2O3/c1-15(16-7-9-18(26-2)10-8-16)13-20(24)22-14-21(25)23-12-11-17-5-3-4-6-19(17)23/h3-10,15H,11-14H2,1-2H3,(H,22,24). The fourth-order valence-electron chi connectivity index (χ4n) is 3.27. The molecular formula is C21H24N2O3. The molecule has 0 spiro atoms. The zero-order chi connectivity index (χ0) is 18.5. The Morgan fingerprint density at radius 3 is 2.62 bits per heavy atom. The summed E-state index contributed by atoms with van der Waals surface area (Å²) in [5, 5.41) is 2.76. The van der Waals surface area contributed by atoms with Crippen molar-refractivity contribution in [1.82, 2.24) is 5.32 Å². The Labute approximate surface area is 154 Å². The molecule has 0 aliphatic carbocycles. The van der Waals surface area contributed by atoms with Crippen LogP contribution in [0.25, 0.3) is 0 Å². The molecule has 1 aliphatic heterocycles. The first-order valence-corrected chi connectivity index (χ1v) is 8.87. The highest BCUT2D eigenvalue weighted by atomic mass is 16.5. The van der Waals surface area contributed by atoms with Crippen LogP contribution in [0.3, 0.4) is 0 Å². The summed E-state index contributed by atoms with van der Waals surface area (Å²) in [4.78, 5) is 26.4. The van der Waals surface area contributed by atoms with Crippen LogP contribution < -0.4 is 15.0 Å². The van der Waals surface area contributed by atoms with Crippen molar-refractivity contribution in [3.63, 3.8) is 0 Å². The number of carbonyl (C=O) groups excluding carboxylic acids is 2. The van der Waals surface area contributed by atoms with Crippen LogP contribution in [0.1, 0.15) is 30.4 Å². The van der Waals surface area contributed by atoms with Gasteiger partial charge in [0.2, 0.25) is 11.8 Å². The van der Waals surface area contributed by atoms with E-state index in [0.29, 0.717) is 13.0 Å². The van der Waals surface area contributed by atoms with Gasteiger partial charge in [-0.05, 0) is 41.7 Å². The minimum Gasteiger partial charge on any atom is -0.497 e. The lowest BCUT2D eigenvalue weighted by molar-refractivity contribution is -0.125. The molecule has 1 heterocycles. The molecule has 2 amide bonds. The summed E-state index contributed by atoms with van der Waals surface area (Å²) < 4.78 is 5.15. The molecule has 1 N–H and O–H groups in total. The fourth-order valence-corrected chi connectivity index (χ4v) is 3.27. The maximum absolute atomic E-state index is 12.4. The molecule has 0 bridgehead atoms. The van der Waals surface area contributed by atoms with Crippen LogP contribution in [-0.4, -0.2) is 32.0 Å². The van der Waals surface area contributed by atoms with Crippen molar-refractivity contribution in [1.29, 1.82) is 0 Å². The van der Waals surface area contributed by atoms with E-state index in [1.807, 2.05) is 55.5 Å². The van der Waals surface area contributed by atoms with Crippen molar-refractivity contribution < 1.29 is 14.3 Å².